The maximum atomic E-state index is 9.87. The molecular formula is C44H44F12N4O3P2. The van der Waals surface area contributed by atoms with Gasteiger partial charge in [-0.05, 0) is 55.2 Å². The van der Waals surface area contributed by atoms with Gasteiger partial charge in [-0.25, -0.2) is 18.3 Å². The van der Waals surface area contributed by atoms with Crippen LogP contribution in [0.25, 0.3) is 43.1 Å². The van der Waals surface area contributed by atoms with Gasteiger partial charge < -0.3 is 14.2 Å². The molecule has 0 N–H and O–H groups in total. The van der Waals surface area contributed by atoms with E-state index in [0.717, 1.165) is 26.2 Å². The summed E-state index contributed by atoms with van der Waals surface area (Å²) in [6.07, 6.45) is 12.8. The van der Waals surface area contributed by atoms with E-state index >= 15 is 0 Å². The number of aromatic nitrogens is 4. The summed E-state index contributed by atoms with van der Waals surface area (Å²) in [6, 6.07) is 39.2. The Morgan fingerprint density at radius 2 is 0.646 bits per heavy atom. The van der Waals surface area contributed by atoms with Crippen molar-refractivity contribution in [3.63, 3.8) is 0 Å². The predicted octanol–water partition coefficient (Wildman–Crippen LogP) is 14.1. The quantitative estimate of drug-likeness (QED) is 0.0319. The van der Waals surface area contributed by atoms with E-state index < -0.39 is 15.6 Å². The molecule has 2 heterocycles. The molecular weight excluding hydrogens is 922 g/mol. The van der Waals surface area contributed by atoms with Crippen molar-refractivity contribution in [3.8, 4) is 0 Å². The Morgan fingerprint density at radius 3 is 0.938 bits per heavy atom. The molecule has 352 valence electrons. The zero-order chi connectivity index (χ0) is 47.1. The summed E-state index contributed by atoms with van der Waals surface area (Å²) >= 11 is 0. The molecule has 8 aromatic rings. The molecule has 65 heavy (non-hydrogen) atoms. The maximum absolute atomic E-state index is 10.7. The maximum Gasteiger partial charge on any atom is 0.244 e. The monoisotopic (exact) mass is 966 g/mol. The van der Waals surface area contributed by atoms with Crippen LogP contribution in [0.4, 0.5) is 50.4 Å². The summed E-state index contributed by atoms with van der Waals surface area (Å²) in [4.78, 5) is 0. The van der Waals surface area contributed by atoms with E-state index in [-0.39, 0.29) is 0 Å². The summed E-state index contributed by atoms with van der Waals surface area (Å²) in [7, 11) is -21.3. The van der Waals surface area contributed by atoms with Gasteiger partial charge in [-0.1, -0.05) is 97.1 Å². The molecule has 0 saturated heterocycles. The van der Waals surface area contributed by atoms with E-state index in [0.29, 0.717) is 39.6 Å². The van der Waals surface area contributed by atoms with E-state index in [4.69, 9.17) is 14.2 Å². The van der Waals surface area contributed by atoms with Gasteiger partial charge in [0, 0.05) is 11.1 Å². The van der Waals surface area contributed by atoms with Crippen LogP contribution in [0, 0.1) is 0 Å². The van der Waals surface area contributed by atoms with E-state index in [1.807, 2.05) is 0 Å². The third kappa shape index (κ3) is 17.9. The Balaban J connectivity index is 0.000000435. The van der Waals surface area contributed by atoms with Gasteiger partial charge in [0.1, 0.15) is 51.0 Å². The fourth-order valence-corrected chi connectivity index (χ4v) is 7.13. The minimum atomic E-state index is -10.7. The first-order chi connectivity index (χ1) is 30.2. The molecule has 0 radical (unpaired) electrons. The van der Waals surface area contributed by atoms with Crippen LogP contribution in [0.15, 0.2) is 147 Å². The number of ether oxygens (including phenoxy) is 3. The number of fused-ring (bicyclic) bond motifs is 4. The first-order valence-corrected chi connectivity index (χ1v) is 24.0. The van der Waals surface area contributed by atoms with Crippen molar-refractivity contribution in [2.24, 2.45) is 0 Å². The third-order valence-electron chi connectivity index (χ3n) is 9.67. The third-order valence-corrected chi connectivity index (χ3v) is 9.67. The molecule has 6 aromatic carbocycles. The van der Waals surface area contributed by atoms with Crippen LogP contribution in [-0.2, 0) is 40.4 Å². The molecule has 0 aliphatic rings. The molecule has 7 nitrogen and oxygen atoms in total. The average molecular weight is 967 g/mol. The minimum Gasteiger partial charge on any atom is -0.377 e. The summed E-state index contributed by atoms with van der Waals surface area (Å²) in [5.74, 6) is 0. The molecule has 0 aliphatic carbocycles. The zero-order valence-electron chi connectivity index (χ0n) is 34.4. The van der Waals surface area contributed by atoms with E-state index in [2.05, 4.69) is 165 Å². The van der Waals surface area contributed by atoms with E-state index in [1.165, 1.54) is 54.2 Å². The van der Waals surface area contributed by atoms with E-state index in [1.54, 1.807) is 0 Å². The Hall–Kier alpha value is -5.32. The summed E-state index contributed by atoms with van der Waals surface area (Å²) in [6.45, 7) is 6.76. The van der Waals surface area contributed by atoms with Gasteiger partial charge >= 0.3 is 66.0 Å². The zero-order valence-corrected chi connectivity index (χ0v) is 36.2. The minimum absolute atomic E-state index is 0.559. The number of rotatable bonds is 16. The van der Waals surface area contributed by atoms with Crippen LogP contribution in [0.5, 0.6) is 0 Å². The topological polar surface area (TPSA) is 45.3 Å². The van der Waals surface area contributed by atoms with Crippen LogP contribution < -0.4 is 9.13 Å². The van der Waals surface area contributed by atoms with Gasteiger partial charge in [-0.3, -0.25) is 0 Å². The molecule has 0 amide bonds. The first kappa shape index (κ1) is 49.1. The van der Waals surface area contributed by atoms with Gasteiger partial charge in [0.15, 0.2) is 0 Å². The normalized spacial score (nSPS) is 14.2. The predicted molar refractivity (Wildman–Crippen MR) is 230 cm³/mol. The largest absolute Gasteiger partial charge is 0.377 e. The van der Waals surface area contributed by atoms with Crippen molar-refractivity contribution in [1.29, 1.82) is 0 Å². The molecule has 0 saturated carbocycles. The number of benzene rings is 6. The fraction of sp³-hybridized carbons (Fsp3) is 0.227. The standard InChI is InChI=1S/C44H44N4O3.2F6P/c1-5-13-39-35(9-1)29-36-10-2-6-14-40(36)43(39)31-47-19-17-45(33-47)21-23-49-25-27-51-28-26-50-24-22-46-18-20-48(34-46)32-44-41-15-7-3-11-37(41)30-38-12-4-8-16-42(38)44;2*1-7(2,3,4,5)6/h1-20,29-30,33-34H,21-28,31-32H2;;/q+2;2*-1. The van der Waals surface area contributed by atoms with Crippen molar-refractivity contribution >= 4 is 58.7 Å². The van der Waals surface area contributed by atoms with Crippen molar-refractivity contribution < 1.29 is 73.7 Å². The summed E-state index contributed by atoms with van der Waals surface area (Å²) in [5, 5.41) is 10.3. The van der Waals surface area contributed by atoms with Crippen LogP contribution in [0.1, 0.15) is 11.1 Å². The van der Waals surface area contributed by atoms with Gasteiger partial charge in [0.25, 0.3) is 0 Å². The molecule has 0 aliphatic heterocycles. The molecule has 0 bridgehead atoms. The van der Waals surface area contributed by atoms with Gasteiger partial charge in [0.2, 0.25) is 12.7 Å². The van der Waals surface area contributed by atoms with Crippen molar-refractivity contribution in [2.45, 2.75) is 26.2 Å². The van der Waals surface area contributed by atoms with E-state index in [9.17, 15) is 50.4 Å². The van der Waals surface area contributed by atoms with Gasteiger partial charge in [-0.2, -0.15) is 0 Å². The number of imidazole rings is 2. The molecule has 0 unspecified atom stereocenters. The van der Waals surface area contributed by atoms with Gasteiger partial charge in [-0.15, -0.1) is 0 Å². The van der Waals surface area contributed by atoms with Crippen LogP contribution >= 0.6 is 15.6 Å². The smallest absolute Gasteiger partial charge is 0.244 e. The number of nitrogens with zero attached hydrogens (tertiary/aromatic N) is 4. The second kappa shape index (κ2) is 18.2. The molecule has 0 atom stereocenters. The summed E-state index contributed by atoms with van der Waals surface area (Å²) < 4.78 is 145. The Kier molecular flexibility index (Phi) is 13.7. The molecule has 2 aromatic heterocycles. The average Bonchev–Trinajstić information content (AvgIpc) is 3.86. The van der Waals surface area contributed by atoms with Crippen molar-refractivity contribution in [1.82, 2.24) is 9.13 Å². The van der Waals surface area contributed by atoms with Crippen LogP contribution in [0.3, 0.4) is 0 Å². The van der Waals surface area contributed by atoms with Crippen molar-refractivity contribution in [2.75, 3.05) is 39.6 Å². The summed E-state index contributed by atoms with van der Waals surface area (Å²) in [5.41, 5.74) is 2.70. The molecule has 21 heteroatoms. The Bertz CT molecular complexity index is 2570. The number of hydrogen-bond donors (Lipinski definition) is 0. The van der Waals surface area contributed by atoms with Gasteiger partial charge in [0.05, 0.1) is 39.6 Å². The number of halogens is 12. The first-order valence-electron chi connectivity index (χ1n) is 19.9. The Morgan fingerprint density at radius 1 is 0.385 bits per heavy atom. The second-order valence-electron chi connectivity index (χ2n) is 15.0. The molecule has 0 spiro atoms. The number of hydrogen-bond acceptors (Lipinski definition) is 3. The molecule has 8 rings (SSSR count). The fourth-order valence-electron chi connectivity index (χ4n) is 7.13. The Labute approximate surface area is 364 Å². The van der Waals surface area contributed by atoms with Crippen LogP contribution in [-0.4, -0.2) is 48.8 Å². The van der Waals surface area contributed by atoms with Crippen molar-refractivity contribution in [3.05, 3.63) is 158 Å². The molecule has 0 fully saturated rings. The van der Waals surface area contributed by atoms with Crippen LogP contribution in [0.2, 0.25) is 0 Å². The SMILES string of the molecule is F[P-](F)(F)(F)(F)F.F[P-](F)(F)(F)(F)F.c1ccc2c(C[n+]3ccn(CCOCCOCCOCCn4cc[n+](Cc5c6ccccc6cc6ccccc56)c4)c3)c3ccccc3cc2c1. The second-order valence-corrected chi connectivity index (χ2v) is 18.8.